The van der Waals surface area contributed by atoms with Gasteiger partial charge in [0.25, 0.3) is 0 Å². The molecule has 1 aromatic carbocycles. The molecule has 0 atom stereocenters. The van der Waals surface area contributed by atoms with Crippen LogP contribution in [0.1, 0.15) is 46.6 Å². The van der Waals surface area contributed by atoms with Gasteiger partial charge in [-0.2, -0.15) is 0 Å². The van der Waals surface area contributed by atoms with E-state index in [0.717, 1.165) is 18.5 Å². The number of hydrogen-bond donors (Lipinski definition) is 1. The molecule has 0 bridgehead atoms. The highest BCUT2D eigenvalue weighted by atomic mass is 79.9. The van der Waals surface area contributed by atoms with Crippen molar-refractivity contribution in [2.45, 2.75) is 52.0 Å². The van der Waals surface area contributed by atoms with E-state index in [-0.39, 0.29) is 16.8 Å². The van der Waals surface area contributed by atoms with Crippen molar-refractivity contribution in [2.24, 2.45) is 0 Å². The van der Waals surface area contributed by atoms with Gasteiger partial charge in [0.05, 0.1) is 4.47 Å². The van der Waals surface area contributed by atoms with Crippen LogP contribution in [0.25, 0.3) is 0 Å². The molecule has 1 nitrogen and oxygen atoms in total. The van der Waals surface area contributed by atoms with Crippen molar-refractivity contribution in [2.75, 3.05) is 6.54 Å². The summed E-state index contributed by atoms with van der Waals surface area (Å²) in [5.74, 6) is -0.141. The zero-order valence-corrected chi connectivity index (χ0v) is 13.5. The molecule has 1 aromatic rings. The number of rotatable bonds is 4. The van der Waals surface area contributed by atoms with E-state index in [4.69, 9.17) is 0 Å². The van der Waals surface area contributed by atoms with Crippen molar-refractivity contribution in [3.63, 3.8) is 0 Å². The number of nitrogens with one attached hydrogen (secondary N) is 1. The molecule has 1 rings (SSSR count). The van der Waals surface area contributed by atoms with Gasteiger partial charge < -0.3 is 5.32 Å². The smallest absolute Gasteiger partial charge is 0.141 e. The fourth-order valence-corrected chi connectivity index (χ4v) is 2.28. The van der Waals surface area contributed by atoms with Crippen LogP contribution < -0.4 is 5.32 Å². The molecule has 3 heteroatoms. The van der Waals surface area contributed by atoms with Gasteiger partial charge in [-0.25, -0.2) is 4.39 Å². The lowest BCUT2D eigenvalue weighted by molar-refractivity contribution is 0.372. The van der Waals surface area contributed by atoms with E-state index >= 15 is 0 Å². The summed E-state index contributed by atoms with van der Waals surface area (Å²) in [4.78, 5) is 0. The SMILES string of the molecule is CC(C)(C)NCCC(C)(C)c1cccc(Br)c1F. The third kappa shape index (κ3) is 4.36. The molecule has 0 radical (unpaired) electrons. The van der Waals surface area contributed by atoms with Crippen molar-refractivity contribution in [3.05, 3.63) is 34.1 Å². The Labute approximate surface area is 118 Å². The second kappa shape index (κ2) is 5.70. The van der Waals surface area contributed by atoms with Gasteiger partial charge in [0.2, 0.25) is 0 Å². The van der Waals surface area contributed by atoms with Gasteiger partial charge in [-0.1, -0.05) is 26.0 Å². The molecule has 0 aliphatic heterocycles. The maximum absolute atomic E-state index is 14.1. The second-order valence-corrected chi connectivity index (χ2v) is 7.27. The molecule has 0 fully saturated rings. The Kier molecular flexibility index (Phi) is 4.96. The standard InChI is InChI=1S/C15H23BrFN/c1-14(2,3)18-10-9-15(4,5)11-7-6-8-12(16)13(11)17/h6-8,18H,9-10H2,1-5H3. The van der Waals surface area contributed by atoms with Crippen molar-refractivity contribution in [1.29, 1.82) is 0 Å². The molecule has 102 valence electrons. The first kappa shape index (κ1) is 15.6. The zero-order valence-electron chi connectivity index (χ0n) is 11.9. The third-order valence-corrected chi connectivity index (χ3v) is 3.70. The Morgan fingerprint density at radius 3 is 2.33 bits per heavy atom. The van der Waals surface area contributed by atoms with Crippen LogP contribution >= 0.6 is 15.9 Å². The maximum atomic E-state index is 14.1. The minimum absolute atomic E-state index is 0.103. The van der Waals surface area contributed by atoms with E-state index in [0.29, 0.717) is 4.47 Å². The van der Waals surface area contributed by atoms with E-state index in [1.54, 1.807) is 6.07 Å². The second-order valence-electron chi connectivity index (χ2n) is 6.41. The number of halogens is 2. The molecule has 0 aromatic heterocycles. The van der Waals surface area contributed by atoms with Crippen LogP contribution in [0.15, 0.2) is 22.7 Å². The highest BCUT2D eigenvalue weighted by molar-refractivity contribution is 9.10. The predicted molar refractivity (Wildman–Crippen MR) is 79.5 cm³/mol. The normalized spacial score (nSPS) is 12.8. The molecule has 0 saturated heterocycles. The first-order valence-electron chi connectivity index (χ1n) is 6.33. The molecular formula is C15H23BrFN. The monoisotopic (exact) mass is 315 g/mol. The van der Waals surface area contributed by atoms with Gasteiger partial charge >= 0.3 is 0 Å². The van der Waals surface area contributed by atoms with E-state index in [1.807, 2.05) is 12.1 Å². The Morgan fingerprint density at radius 2 is 1.78 bits per heavy atom. The lowest BCUT2D eigenvalue weighted by atomic mass is 9.81. The fraction of sp³-hybridized carbons (Fsp3) is 0.600. The number of hydrogen-bond acceptors (Lipinski definition) is 1. The fourth-order valence-electron chi connectivity index (χ4n) is 1.91. The average Bonchev–Trinajstić information content (AvgIpc) is 2.19. The van der Waals surface area contributed by atoms with Gasteiger partial charge in [-0.05, 0) is 66.7 Å². The van der Waals surface area contributed by atoms with E-state index in [2.05, 4.69) is 55.9 Å². The minimum Gasteiger partial charge on any atom is -0.312 e. The molecule has 0 heterocycles. The molecule has 0 aliphatic carbocycles. The minimum atomic E-state index is -0.174. The van der Waals surface area contributed by atoms with Crippen LogP contribution in [-0.2, 0) is 5.41 Å². The molecule has 0 saturated carbocycles. The third-order valence-electron chi connectivity index (χ3n) is 3.09. The number of benzene rings is 1. The largest absolute Gasteiger partial charge is 0.312 e. The van der Waals surface area contributed by atoms with Crippen LogP contribution in [0, 0.1) is 5.82 Å². The zero-order chi connectivity index (χ0) is 14.0. The lowest BCUT2D eigenvalue weighted by Crippen LogP contribution is -2.38. The Morgan fingerprint density at radius 1 is 1.17 bits per heavy atom. The highest BCUT2D eigenvalue weighted by Gasteiger charge is 2.25. The van der Waals surface area contributed by atoms with Crippen LogP contribution in [0.5, 0.6) is 0 Å². The summed E-state index contributed by atoms with van der Waals surface area (Å²) in [6.07, 6.45) is 0.900. The van der Waals surface area contributed by atoms with E-state index in [9.17, 15) is 4.39 Å². The Hall–Kier alpha value is -0.410. The molecule has 0 unspecified atom stereocenters. The van der Waals surface area contributed by atoms with Gasteiger partial charge in [-0.15, -0.1) is 0 Å². The van der Waals surface area contributed by atoms with Crippen molar-refractivity contribution >= 4 is 15.9 Å². The quantitative estimate of drug-likeness (QED) is 0.853. The average molecular weight is 316 g/mol. The van der Waals surface area contributed by atoms with Crippen molar-refractivity contribution < 1.29 is 4.39 Å². The van der Waals surface area contributed by atoms with Crippen LogP contribution in [-0.4, -0.2) is 12.1 Å². The highest BCUT2D eigenvalue weighted by Crippen LogP contribution is 2.32. The van der Waals surface area contributed by atoms with Gasteiger partial charge in [0.15, 0.2) is 0 Å². The first-order valence-corrected chi connectivity index (χ1v) is 7.12. The summed E-state index contributed by atoms with van der Waals surface area (Å²) in [5.41, 5.74) is 0.699. The van der Waals surface area contributed by atoms with Crippen LogP contribution in [0.4, 0.5) is 4.39 Å². The Balaban J connectivity index is 2.77. The van der Waals surface area contributed by atoms with E-state index in [1.165, 1.54) is 0 Å². The molecule has 18 heavy (non-hydrogen) atoms. The summed E-state index contributed by atoms with van der Waals surface area (Å²) in [5, 5.41) is 3.45. The van der Waals surface area contributed by atoms with Crippen LogP contribution in [0.2, 0.25) is 0 Å². The predicted octanol–water partition coefficient (Wildman–Crippen LogP) is 4.64. The summed E-state index contributed by atoms with van der Waals surface area (Å²) in [6.45, 7) is 11.5. The molecule has 1 N–H and O–H groups in total. The molecule has 0 aliphatic rings. The van der Waals surface area contributed by atoms with Gasteiger partial charge in [-0.3, -0.25) is 0 Å². The van der Waals surface area contributed by atoms with Crippen molar-refractivity contribution in [3.8, 4) is 0 Å². The first-order chi connectivity index (χ1) is 8.13. The maximum Gasteiger partial charge on any atom is 0.141 e. The van der Waals surface area contributed by atoms with Gasteiger partial charge in [0.1, 0.15) is 5.82 Å². The van der Waals surface area contributed by atoms with Crippen molar-refractivity contribution in [1.82, 2.24) is 5.32 Å². The molecular weight excluding hydrogens is 293 g/mol. The molecule has 0 amide bonds. The van der Waals surface area contributed by atoms with Gasteiger partial charge in [0, 0.05) is 5.54 Å². The lowest BCUT2D eigenvalue weighted by Gasteiger charge is -2.29. The summed E-state index contributed by atoms with van der Waals surface area (Å²) < 4.78 is 14.6. The Bertz CT molecular complexity index is 407. The summed E-state index contributed by atoms with van der Waals surface area (Å²) in [7, 11) is 0. The molecule has 0 spiro atoms. The van der Waals surface area contributed by atoms with E-state index < -0.39 is 0 Å². The topological polar surface area (TPSA) is 12.0 Å². The summed E-state index contributed by atoms with van der Waals surface area (Å²) >= 11 is 3.25. The van der Waals surface area contributed by atoms with Crippen LogP contribution in [0.3, 0.4) is 0 Å². The summed E-state index contributed by atoms with van der Waals surface area (Å²) in [6, 6.07) is 5.50.